The molecule has 0 radical (unpaired) electrons. The van der Waals surface area contributed by atoms with Gasteiger partial charge in [0.2, 0.25) is 17.7 Å². The fourth-order valence-corrected chi connectivity index (χ4v) is 6.32. The number of benzene rings is 1. The van der Waals surface area contributed by atoms with E-state index in [0.29, 0.717) is 19.3 Å². The van der Waals surface area contributed by atoms with Crippen LogP contribution in [0.2, 0.25) is 0 Å². The summed E-state index contributed by atoms with van der Waals surface area (Å²) in [5.41, 5.74) is 1.96. The minimum atomic E-state index is -0.847. The lowest BCUT2D eigenvalue weighted by Gasteiger charge is -2.30. The van der Waals surface area contributed by atoms with E-state index in [-0.39, 0.29) is 41.5 Å². The van der Waals surface area contributed by atoms with Crippen LogP contribution < -0.4 is 16.0 Å². The van der Waals surface area contributed by atoms with Gasteiger partial charge in [0.1, 0.15) is 12.1 Å². The highest BCUT2D eigenvalue weighted by molar-refractivity contribution is 6.08. The van der Waals surface area contributed by atoms with Crippen LogP contribution in [0.1, 0.15) is 80.7 Å². The third-order valence-corrected chi connectivity index (χ3v) is 8.36. The molecule has 5 amide bonds. The molecule has 1 heterocycles. The number of hydrogen-bond donors (Lipinski definition) is 3. The van der Waals surface area contributed by atoms with Crippen LogP contribution >= 0.6 is 0 Å². The van der Waals surface area contributed by atoms with Gasteiger partial charge >= 0.3 is 0 Å². The predicted molar refractivity (Wildman–Crippen MR) is 191 cm³/mol. The smallest absolute Gasteiger partial charge is 0.254 e. The van der Waals surface area contributed by atoms with Crippen molar-refractivity contribution in [3.8, 4) is 0 Å². The first kappa shape index (κ1) is 40.4. The van der Waals surface area contributed by atoms with Crippen molar-refractivity contribution in [2.45, 2.75) is 112 Å². The Kier molecular flexibility index (Phi) is 15.7. The number of nitrogens with zero attached hydrogens (tertiary/aromatic N) is 2. The molecule has 2 rings (SSSR count). The fraction of sp³-hybridized carbons (Fsp3) is 0.605. The summed E-state index contributed by atoms with van der Waals surface area (Å²) in [5.74, 6) is -1.56. The number of hydrogen-bond acceptors (Lipinski definition) is 6. The first-order chi connectivity index (χ1) is 22.4. The second-order valence-corrected chi connectivity index (χ2v) is 14.8. The van der Waals surface area contributed by atoms with E-state index >= 15 is 0 Å². The number of imide groups is 1. The second kappa shape index (κ2) is 18.7. The molecule has 0 bridgehead atoms. The number of rotatable bonds is 17. The largest absolute Gasteiger partial charge is 0.348 e. The molecule has 10 heteroatoms. The maximum absolute atomic E-state index is 13.6. The summed E-state index contributed by atoms with van der Waals surface area (Å²) in [5, 5.41) is 8.71. The minimum absolute atomic E-state index is 0.0183. The summed E-state index contributed by atoms with van der Waals surface area (Å²) in [6.45, 7) is 17.5. The van der Waals surface area contributed by atoms with E-state index in [1.54, 1.807) is 19.1 Å². The van der Waals surface area contributed by atoms with Crippen LogP contribution in [-0.2, 0) is 30.4 Å². The van der Waals surface area contributed by atoms with E-state index in [9.17, 15) is 24.0 Å². The van der Waals surface area contributed by atoms with E-state index in [0.717, 1.165) is 11.1 Å². The number of nitrogens with one attached hydrogen (secondary N) is 3. The molecule has 1 aliphatic rings. The van der Waals surface area contributed by atoms with Crippen molar-refractivity contribution in [1.29, 1.82) is 0 Å². The zero-order valence-electron chi connectivity index (χ0n) is 30.9. The van der Waals surface area contributed by atoms with Gasteiger partial charge in [-0.1, -0.05) is 91.8 Å². The van der Waals surface area contributed by atoms with Gasteiger partial charge in [0.25, 0.3) is 11.8 Å². The highest BCUT2D eigenvalue weighted by Gasteiger charge is 2.38. The lowest BCUT2D eigenvalue weighted by molar-refractivity contribution is -0.140. The molecule has 1 aromatic rings. The van der Waals surface area contributed by atoms with Crippen LogP contribution in [0.15, 0.2) is 54.1 Å². The molecule has 0 aromatic heterocycles. The molecule has 0 saturated heterocycles. The van der Waals surface area contributed by atoms with Crippen molar-refractivity contribution in [1.82, 2.24) is 25.8 Å². The van der Waals surface area contributed by atoms with Gasteiger partial charge in [0, 0.05) is 18.2 Å². The van der Waals surface area contributed by atoms with Crippen LogP contribution in [-0.4, -0.2) is 83.6 Å². The zero-order valence-corrected chi connectivity index (χ0v) is 30.9. The quantitative estimate of drug-likeness (QED) is 0.214. The summed E-state index contributed by atoms with van der Waals surface area (Å²) < 4.78 is 0. The standard InChI is InChI=1S/C38H59N5O5/c1-23(2)19-30(40-37(47)31(20-24(3)4)41-38(48)35(26(7)8)42(10)11)36(46)39-27(9)17-18-32(44)43-33(45)22-29(34(43)25(5)6)21-28-15-13-12-14-16-28/h12-18,22-27,30-31,34-35H,19-21H2,1-11H3,(H,39,46)(H,40,47)(H,41,48)/b18-17+/t27-,30-,31-,34-,35-/m0/s1. The average molecular weight is 666 g/mol. The molecular formula is C38H59N5O5. The topological polar surface area (TPSA) is 128 Å². The third-order valence-electron chi connectivity index (χ3n) is 8.36. The van der Waals surface area contributed by atoms with Gasteiger partial charge in [-0.3, -0.25) is 33.8 Å². The Hall–Kier alpha value is -3.79. The van der Waals surface area contributed by atoms with Gasteiger partial charge in [0.15, 0.2) is 0 Å². The van der Waals surface area contributed by atoms with E-state index < -0.39 is 41.9 Å². The molecule has 0 fully saturated rings. The SMILES string of the molecule is CC(C)C[C@H](NC(=O)[C@H](CC(C)C)NC(=O)[C@H](C(C)C)N(C)C)C(=O)N[C@@H](C)/C=C/C(=O)N1C(=O)C=C(Cc2ccccc2)[C@@H]1C(C)C. The lowest BCUT2D eigenvalue weighted by Crippen LogP contribution is -2.57. The number of amides is 5. The summed E-state index contributed by atoms with van der Waals surface area (Å²) in [7, 11) is 3.67. The molecule has 0 aliphatic carbocycles. The van der Waals surface area contributed by atoms with Crippen LogP contribution in [0.3, 0.4) is 0 Å². The van der Waals surface area contributed by atoms with Crippen LogP contribution in [0, 0.1) is 23.7 Å². The summed E-state index contributed by atoms with van der Waals surface area (Å²) in [6, 6.07) is 6.86. The van der Waals surface area contributed by atoms with E-state index in [1.807, 2.05) is 105 Å². The van der Waals surface area contributed by atoms with Crippen molar-refractivity contribution in [2.24, 2.45) is 23.7 Å². The predicted octanol–water partition coefficient (Wildman–Crippen LogP) is 4.26. The monoisotopic (exact) mass is 665 g/mol. The van der Waals surface area contributed by atoms with Crippen LogP contribution in [0.25, 0.3) is 0 Å². The highest BCUT2D eigenvalue weighted by atomic mass is 16.2. The molecule has 10 nitrogen and oxygen atoms in total. The van der Waals surface area contributed by atoms with Crippen molar-refractivity contribution in [3.63, 3.8) is 0 Å². The van der Waals surface area contributed by atoms with Gasteiger partial charge in [-0.25, -0.2) is 0 Å². The Balaban J connectivity index is 2.13. The molecule has 1 aromatic carbocycles. The minimum Gasteiger partial charge on any atom is -0.348 e. The van der Waals surface area contributed by atoms with Gasteiger partial charge in [0.05, 0.1) is 12.1 Å². The number of carbonyl (C=O) groups excluding carboxylic acids is 5. The van der Waals surface area contributed by atoms with Crippen molar-refractivity contribution in [2.75, 3.05) is 14.1 Å². The van der Waals surface area contributed by atoms with Gasteiger partial charge in [-0.15, -0.1) is 0 Å². The average Bonchev–Trinajstić information content (AvgIpc) is 3.30. The molecule has 48 heavy (non-hydrogen) atoms. The van der Waals surface area contributed by atoms with Gasteiger partial charge in [-0.2, -0.15) is 0 Å². The van der Waals surface area contributed by atoms with Crippen molar-refractivity contribution < 1.29 is 24.0 Å². The third kappa shape index (κ3) is 12.0. The maximum Gasteiger partial charge on any atom is 0.254 e. The molecule has 1 aliphatic heterocycles. The van der Waals surface area contributed by atoms with Crippen molar-refractivity contribution in [3.05, 3.63) is 59.7 Å². The number of likely N-dealkylation sites (N-methyl/N-ethyl adjacent to an activating group) is 1. The molecule has 3 N–H and O–H groups in total. The Morgan fingerprint density at radius 1 is 0.792 bits per heavy atom. The Labute approximate surface area is 288 Å². The second-order valence-electron chi connectivity index (χ2n) is 14.8. The van der Waals surface area contributed by atoms with E-state index in [4.69, 9.17) is 0 Å². The molecule has 5 atom stereocenters. The van der Waals surface area contributed by atoms with Crippen molar-refractivity contribution >= 4 is 29.5 Å². The summed E-state index contributed by atoms with van der Waals surface area (Å²) >= 11 is 0. The first-order valence-corrected chi connectivity index (χ1v) is 17.3. The lowest BCUT2D eigenvalue weighted by atomic mass is 9.92. The van der Waals surface area contributed by atoms with E-state index in [1.165, 1.54) is 11.0 Å². The number of carbonyl (C=O) groups is 5. The molecule has 0 unspecified atom stereocenters. The molecule has 0 saturated carbocycles. The molecular weight excluding hydrogens is 606 g/mol. The molecule has 0 spiro atoms. The van der Waals surface area contributed by atoms with E-state index in [2.05, 4.69) is 16.0 Å². The van der Waals surface area contributed by atoms with Gasteiger partial charge < -0.3 is 16.0 Å². The van der Waals surface area contributed by atoms with Crippen LogP contribution in [0.4, 0.5) is 0 Å². The Morgan fingerprint density at radius 3 is 1.79 bits per heavy atom. The van der Waals surface area contributed by atoms with Gasteiger partial charge in [-0.05, 0) is 75.1 Å². The maximum atomic E-state index is 13.6. The summed E-state index contributed by atoms with van der Waals surface area (Å²) in [4.78, 5) is 69.7. The van der Waals surface area contributed by atoms with Crippen LogP contribution in [0.5, 0.6) is 0 Å². The Bertz CT molecular complexity index is 1310. The Morgan fingerprint density at radius 2 is 1.31 bits per heavy atom. The fourth-order valence-electron chi connectivity index (χ4n) is 6.32. The first-order valence-electron chi connectivity index (χ1n) is 17.3. The summed E-state index contributed by atoms with van der Waals surface area (Å²) in [6.07, 6.45) is 5.83. The zero-order chi connectivity index (χ0) is 36.3. The highest BCUT2D eigenvalue weighted by Crippen LogP contribution is 2.29. The molecule has 266 valence electrons. The normalized spacial score (nSPS) is 17.7.